The largest absolute Gasteiger partial charge is 0.535 e. The Morgan fingerprint density at radius 2 is 2.00 bits per heavy atom. The standard InChI is InChI=1S/C27H33BN4O5/c33-23(15-20-14-19-3-1-5-24(27(34)35)26(19)37-28(20)36)13-18-6-8-22(9-7-18)32(16-21-4-2-10-29-21)17-25-30-11-12-31-25/h1-3,5,10-12,18,20,22,36H,4,6-9,13-17H2,(H,30,31)(H,34,35)/t18?,20-,22?/m1/s1. The van der Waals surface area contributed by atoms with Gasteiger partial charge in [0.2, 0.25) is 0 Å². The molecule has 37 heavy (non-hydrogen) atoms. The molecule has 0 unspecified atom stereocenters. The van der Waals surface area contributed by atoms with Crippen LogP contribution in [0.5, 0.6) is 5.75 Å². The lowest BCUT2D eigenvalue weighted by Crippen LogP contribution is -2.41. The van der Waals surface area contributed by atoms with Crippen molar-refractivity contribution in [2.24, 2.45) is 10.9 Å². The summed E-state index contributed by atoms with van der Waals surface area (Å²) in [5, 5.41) is 19.9. The van der Waals surface area contributed by atoms with E-state index in [1.54, 1.807) is 18.3 Å². The van der Waals surface area contributed by atoms with E-state index in [9.17, 15) is 19.7 Å². The number of aromatic nitrogens is 2. The highest BCUT2D eigenvalue weighted by atomic mass is 16.5. The molecule has 3 aliphatic rings. The number of carboxylic acids is 1. The van der Waals surface area contributed by atoms with Crippen LogP contribution < -0.4 is 4.65 Å². The van der Waals surface area contributed by atoms with Crippen molar-refractivity contribution in [3.05, 3.63) is 59.8 Å². The normalized spacial score (nSPS) is 23.0. The van der Waals surface area contributed by atoms with Crippen molar-refractivity contribution >= 4 is 24.6 Å². The summed E-state index contributed by atoms with van der Waals surface area (Å²) >= 11 is 0. The highest BCUT2D eigenvalue weighted by molar-refractivity contribution is 6.47. The van der Waals surface area contributed by atoms with Crippen LogP contribution in [0, 0.1) is 5.92 Å². The number of carbonyl (C=O) groups is 2. The lowest BCUT2D eigenvalue weighted by Gasteiger charge is -2.36. The van der Waals surface area contributed by atoms with Gasteiger partial charge in [-0.3, -0.25) is 14.7 Å². The number of aromatic amines is 1. The zero-order chi connectivity index (χ0) is 25.8. The monoisotopic (exact) mass is 504 g/mol. The fraction of sp³-hybridized carbons (Fsp3) is 0.481. The van der Waals surface area contributed by atoms with Crippen molar-refractivity contribution in [1.82, 2.24) is 14.9 Å². The summed E-state index contributed by atoms with van der Waals surface area (Å²) in [6.45, 7) is 1.58. The number of nitrogens with one attached hydrogen (secondary N) is 1. The number of aromatic carboxylic acids is 1. The first kappa shape index (κ1) is 25.4. The third-order valence-electron chi connectivity index (χ3n) is 7.80. The van der Waals surface area contributed by atoms with E-state index >= 15 is 0 Å². The predicted molar refractivity (Wildman–Crippen MR) is 140 cm³/mol. The van der Waals surface area contributed by atoms with Crippen LogP contribution in [0.2, 0.25) is 5.82 Å². The third-order valence-corrected chi connectivity index (χ3v) is 7.80. The van der Waals surface area contributed by atoms with Gasteiger partial charge < -0.3 is 19.8 Å². The predicted octanol–water partition coefficient (Wildman–Crippen LogP) is 3.66. The molecule has 1 aliphatic carbocycles. The number of para-hydroxylation sites is 1. The number of allylic oxidation sites excluding steroid dienone is 1. The van der Waals surface area contributed by atoms with Gasteiger partial charge in [0.05, 0.1) is 12.1 Å². The Morgan fingerprint density at radius 3 is 2.70 bits per heavy atom. The first-order valence-electron chi connectivity index (χ1n) is 13.1. The van der Waals surface area contributed by atoms with Crippen LogP contribution in [0.15, 0.2) is 47.9 Å². The number of nitrogens with zero attached hydrogens (tertiary/aromatic N) is 3. The number of fused-ring (bicyclic) bond motifs is 1. The first-order valence-corrected chi connectivity index (χ1v) is 13.1. The van der Waals surface area contributed by atoms with Crippen LogP contribution in [0.3, 0.4) is 0 Å². The summed E-state index contributed by atoms with van der Waals surface area (Å²) in [5.74, 6) is 0.173. The molecule has 5 rings (SSSR count). The molecule has 0 saturated heterocycles. The highest BCUT2D eigenvalue weighted by Gasteiger charge is 2.38. The zero-order valence-corrected chi connectivity index (χ0v) is 20.9. The molecule has 2 aliphatic heterocycles. The molecule has 3 heterocycles. The maximum absolute atomic E-state index is 13.0. The van der Waals surface area contributed by atoms with Crippen molar-refractivity contribution in [1.29, 1.82) is 0 Å². The maximum Gasteiger partial charge on any atom is 0.526 e. The van der Waals surface area contributed by atoms with Crippen LogP contribution in [0.25, 0.3) is 0 Å². The Balaban J connectivity index is 1.13. The molecule has 0 spiro atoms. The molecular formula is C27H33BN4O5. The maximum atomic E-state index is 13.0. The molecule has 2 aromatic rings. The number of carboxylic acid groups (broad SMARTS) is 1. The molecule has 3 N–H and O–H groups in total. The topological polar surface area (TPSA) is 128 Å². The number of hydrogen-bond acceptors (Lipinski definition) is 7. The number of H-pyrrole nitrogens is 1. The quantitative estimate of drug-likeness (QED) is 0.422. The van der Waals surface area contributed by atoms with Gasteiger partial charge in [0, 0.05) is 62.0 Å². The second kappa shape index (κ2) is 11.4. The second-order valence-corrected chi connectivity index (χ2v) is 10.4. The number of carbonyl (C=O) groups excluding carboxylic acids is 1. The summed E-state index contributed by atoms with van der Waals surface area (Å²) in [6, 6.07) is 5.36. The first-order chi connectivity index (χ1) is 18.0. The number of benzene rings is 1. The molecule has 0 amide bonds. The lowest BCUT2D eigenvalue weighted by atomic mass is 9.64. The summed E-state index contributed by atoms with van der Waals surface area (Å²) in [6.07, 6.45) is 13.7. The van der Waals surface area contributed by atoms with Crippen LogP contribution in [0.1, 0.15) is 66.7 Å². The van der Waals surface area contributed by atoms with Crippen molar-refractivity contribution < 1.29 is 24.4 Å². The average molecular weight is 504 g/mol. The minimum Gasteiger partial charge on any atom is -0.535 e. The van der Waals surface area contributed by atoms with Crippen molar-refractivity contribution in [2.75, 3.05) is 6.54 Å². The second-order valence-electron chi connectivity index (χ2n) is 10.4. The van der Waals surface area contributed by atoms with Crippen LogP contribution in [0.4, 0.5) is 0 Å². The number of imidazole rings is 1. The fourth-order valence-corrected chi connectivity index (χ4v) is 5.87. The third kappa shape index (κ3) is 6.19. The summed E-state index contributed by atoms with van der Waals surface area (Å²) in [7, 11) is -1.18. The number of Topliss-reactive ketones (excluding diaryl/α,β-unsaturated/α-hetero) is 1. The van der Waals surface area contributed by atoms with Gasteiger partial charge in [-0.1, -0.05) is 18.2 Å². The summed E-state index contributed by atoms with van der Waals surface area (Å²) in [5.41, 5.74) is 1.94. The van der Waals surface area contributed by atoms with E-state index in [2.05, 4.69) is 25.9 Å². The molecule has 0 radical (unpaired) electrons. The molecular weight excluding hydrogens is 471 g/mol. The van der Waals surface area contributed by atoms with Crippen LogP contribution in [-0.4, -0.2) is 62.2 Å². The van der Waals surface area contributed by atoms with Gasteiger partial charge in [0.25, 0.3) is 0 Å². The molecule has 1 fully saturated rings. The number of hydrogen-bond donors (Lipinski definition) is 3. The molecule has 0 bridgehead atoms. The highest BCUT2D eigenvalue weighted by Crippen LogP contribution is 2.37. The van der Waals surface area contributed by atoms with Gasteiger partial charge in [-0.2, -0.15) is 0 Å². The van der Waals surface area contributed by atoms with Crippen LogP contribution in [-0.2, 0) is 17.8 Å². The van der Waals surface area contributed by atoms with Gasteiger partial charge >= 0.3 is 13.1 Å². The van der Waals surface area contributed by atoms with E-state index in [1.807, 2.05) is 12.4 Å². The summed E-state index contributed by atoms with van der Waals surface area (Å²) in [4.78, 5) is 39.0. The van der Waals surface area contributed by atoms with Gasteiger partial charge in [0.15, 0.2) is 0 Å². The minimum atomic E-state index is -1.18. The number of ketones is 1. The summed E-state index contributed by atoms with van der Waals surface area (Å²) < 4.78 is 5.56. The lowest BCUT2D eigenvalue weighted by molar-refractivity contribution is -0.120. The molecule has 10 heteroatoms. The molecule has 1 saturated carbocycles. The SMILES string of the molecule is O=C(CC1CCC(N(CC2=NC=CC2)Cc2ncc[nH]2)CC1)C[C@H]1Cc2cccc(C(=O)O)c2OB1O. The zero-order valence-electron chi connectivity index (χ0n) is 20.9. The van der Waals surface area contributed by atoms with E-state index < -0.39 is 13.1 Å². The van der Waals surface area contributed by atoms with Crippen molar-refractivity contribution in [3.8, 4) is 5.75 Å². The number of rotatable bonds is 10. The van der Waals surface area contributed by atoms with E-state index in [0.29, 0.717) is 24.8 Å². The van der Waals surface area contributed by atoms with Crippen LogP contribution >= 0.6 is 0 Å². The van der Waals surface area contributed by atoms with E-state index in [4.69, 9.17) is 4.65 Å². The smallest absolute Gasteiger partial charge is 0.526 e. The van der Waals surface area contributed by atoms with Gasteiger partial charge in [0.1, 0.15) is 17.4 Å². The Hall–Kier alpha value is -3.24. The Kier molecular flexibility index (Phi) is 7.86. The molecule has 194 valence electrons. The molecule has 1 aromatic heterocycles. The van der Waals surface area contributed by atoms with Gasteiger partial charge in [-0.05, 0) is 49.7 Å². The Bertz CT molecular complexity index is 1170. The fourth-order valence-electron chi connectivity index (χ4n) is 5.87. The van der Waals surface area contributed by atoms with Crippen molar-refractivity contribution in [3.63, 3.8) is 0 Å². The molecule has 1 aromatic carbocycles. The van der Waals surface area contributed by atoms with E-state index in [-0.39, 0.29) is 29.3 Å². The minimum absolute atomic E-state index is 0.0374. The van der Waals surface area contributed by atoms with Gasteiger partial charge in [-0.15, -0.1) is 0 Å². The Morgan fingerprint density at radius 1 is 1.16 bits per heavy atom. The van der Waals surface area contributed by atoms with E-state index in [1.165, 1.54) is 11.8 Å². The number of aliphatic imine (C=N–C) groups is 1. The van der Waals surface area contributed by atoms with Crippen molar-refractivity contribution in [2.45, 2.75) is 69.8 Å². The van der Waals surface area contributed by atoms with Gasteiger partial charge in [-0.25, -0.2) is 9.78 Å². The molecule has 1 atom stereocenters. The Labute approximate surface area is 216 Å². The van der Waals surface area contributed by atoms with E-state index in [0.717, 1.165) is 56.6 Å². The average Bonchev–Trinajstić information content (AvgIpc) is 3.59. The molecule has 9 nitrogen and oxygen atoms in total.